The third-order valence-corrected chi connectivity index (χ3v) is 3.22. The lowest BCUT2D eigenvalue weighted by atomic mass is 9.97. The van der Waals surface area contributed by atoms with Crippen molar-refractivity contribution in [2.75, 3.05) is 34.4 Å². The van der Waals surface area contributed by atoms with Gasteiger partial charge in [-0.2, -0.15) is 0 Å². The first-order valence-electron chi connectivity index (χ1n) is 5.86. The van der Waals surface area contributed by atoms with E-state index in [1.807, 2.05) is 18.2 Å². The first-order valence-corrected chi connectivity index (χ1v) is 5.86. The van der Waals surface area contributed by atoms with Crippen LogP contribution in [0.2, 0.25) is 0 Å². The van der Waals surface area contributed by atoms with Crippen molar-refractivity contribution in [2.45, 2.75) is 5.92 Å². The van der Waals surface area contributed by atoms with Crippen molar-refractivity contribution < 1.29 is 14.3 Å². The second kappa shape index (κ2) is 5.16. The van der Waals surface area contributed by atoms with E-state index in [2.05, 4.69) is 5.32 Å². The second-order valence-electron chi connectivity index (χ2n) is 4.38. The van der Waals surface area contributed by atoms with E-state index in [9.17, 15) is 4.79 Å². The van der Waals surface area contributed by atoms with E-state index in [-0.39, 0.29) is 11.9 Å². The molecule has 1 fully saturated rings. The summed E-state index contributed by atoms with van der Waals surface area (Å²) in [5.41, 5.74) is 1.14. The molecule has 0 saturated carbocycles. The topological polar surface area (TPSA) is 50.8 Å². The smallest absolute Gasteiger partial charge is 0.317 e. The van der Waals surface area contributed by atoms with Crippen molar-refractivity contribution >= 4 is 6.03 Å². The van der Waals surface area contributed by atoms with E-state index in [1.54, 1.807) is 26.2 Å². The van der Waals surface area contributed by atoms with E-state index in [0.29, 0.717) is 13.1 Å². The molecule has 1 atom stereocenters. The molecular weight excluding hydrogens is 232 g/mol. The summed E-state index contributed by atoms with van der Waals surface area (Å²) in [5, 5.41) is 2.86. The van der Waals surface area contributed by atoms with Gasteiger partial charge in [0.25, 0.3) is 0 Å². The summed E-state index contributed by atoms with van der Waals surface area (Å²) in [6.07, 6.45) is 0. The number of rotatable bonds is 3. The number of methoxy groups -OCH3 is 2. The van der Waals surface area contributed by atoms with Crippen LogP contribution in [0.5, 0.6) is 11.5 Å². The lowest BCUT2D eigenvalue weighted by Crippen LogP contribution is -2.48. The van der Waals surface area contributed by atoms with Crippen LogP contribution >= 0.6 is 0 Å². The molecule has 1 aliphatic rings. The highest BCUT2D eigenvalue weighted by atomic mass is 16.5. The molecule has 1 aromatic rings. The van der Waals surface area contributed by atoms with Crippen LogP contribution < -0.4 is 14.8 Å². The molecule has 18 heavy (non-hydrogen) atoms. The normalized spacial score (nSPS) is 19.4. The second-order valence-corrected chi connectivity index (χ2v) is 4.38. The van der Waals surface area contributed by atoms with E-state index < -0.39 is 0 Å². The van der Waals surface area contributed by atoms with Crippen molar-refractivity contribution in [3.8, 4) is 11.5 Å². The van der Waals surface area contributed by atoms with Gasteiger partial charge in [0.2, 0.25) is 0 Å². The molecule has 1 saturated heterocycles. The summed E-state index contributed by atoms with van der Waals surface area (Å²) in [5.74, 6) is 1.71. The Kier molecular flexibility index (Phi) is 3.60. The molecular formula is C13H18N2O3. The molecule has 2 amide bonds. The molecule has 5 heteroatoms. The Morgan fingerprint density at radius 1 is 1.28 bits per heavy atom. The fraction of sp³-hybridized carbons (Fsp3) is 0.462. The Morgan fingerprint density at radius 2 is 2.00 bits per heavy atom. The van der Waals surface area contributed by atoms with E-state index in [1.165, 1.54) is 0 Å². The van der Waals surface area contributed by atoms with Crippen LogP contribution in [0.4, 0.5) is 4.79 Å². The molecule has 1 aliphatic heterocycles. The van der Waals surface area contributed by atoms with Gasteiger partial charge in [-0.05, 0) is 17.7 Å². The van der Waals surface area contributed by atoms with Crippen LogP contribution in [0.25, 0.3) is 0 Å². The number of likely N-dealkylation sites (N-methyl/N-ethyl adjacent to an activating group) is 1. The molecule has 0 aliphatic carbocycles. The summed E-state index contributed by atoms with van der Waals surface area (Å²) in [4.78, 5) is 13.1. The quantitative estimate of drug-likeness (QED) is 0.883. The lowest BCUT2D eigenvalue weighted by molar-refractivity contribution is 0.193. The average Bonchev–Trinajstić information content (AvgIpc) is 2.41. The third kappa shape index (κ3) is 2.34. The summed E-state index contributed by atoms with van der Waals surface area (Å²) in [6, 6.07) is 5.85. The van der Waals surface area contributed by atoms with Crippen LogP contribution in [0.3, 0.4) is 0 Å². The molecule has 98 valence electrons. The Balaban J connectivity index is 2.21. The van der Waals surface area contributed by atoms with Gasteiger partial charge in [-0.25, -0.2) is 4.79 Å². The number of nitrogens with zero attached hydrogens (tertiary/aromatic N) is 1. The summed E-state index contributed by atoms with van der Waals surface area (Å²) >= 11 is 0. The minimum atomic E-state index is -0.0215. The highest BCUT2D eigenvalue weighted by molar-refractivity contribution is 5.75. The van der Waals surface area contributed by atoms with Crippen molar-refractivity contribution in [1.29, 1.82) is 0 Å². The Labute approximate surface area is 107 Å². The number of amides is 2. The first-order chi connectivity index (χ1) is 8.65. The third-order valence-electron chi connectivity index (χ3n) is 3.22. The van der Waals surface area contributed by atoms with Crippen LogP contribution in [0, 0.1) is 0 Å². The first kappa shape index (κ1) is 12.5. The SMILES string of the molecule is COc1ccc(C2CNC(=O)N(C)C2)cc1OC. The number of benzene rings is 1. The predicted octanol–water partition coefficient (Wildman–Crippen LogP) is 1.44. The lowest BCUT2D eigenvalue weighted by Gasteiger charge is -2.31. The highest BCUT2D eigenvalue weighted by Crippen LogP contribution is 2.31. The molecule has 5 nitrogen and oxygen atoms in total. The number of hydrogen-bond acceptors (Lipinski definition) is 3. The van der Waals surface area contributed by atoms with Crippen LogP contribution in [-0.2, 0) is 0 Å². The van der Waals surface area contributed by atoms with Gasteiger partial charge in [-0.3, -0.25) is 0 Å². The van der Waals surface area contributed by atoms with Crippen molar-refractivity contribution in [2.24, 2.45) is 0 Å². The zero-order valence-electron chi connectivity index (χ0n) is 10.9. The largest absolute Gasteiger partial charge is 0.493 e. The molecule has 0 aromatic heterocycles. The van der Waals surface area contributed by atoms with Gasteiger partial charge in [0, 0.05) is 26.1 Å². The van der Waals surface area contributed by atoms with Gasteiger partial charge in [-0.15, -0.1) is 0 Å². The molecule has 1 N–H and O–H groups in total. The van der Waals surface area contributed by atoms with Gasteiger partial charge in [0.1, 0.15) is 0 Å². The van der Waals surface area contributed by atoms with Crippen LogP contribution in [0.1, 0.15) is 11.5 Å². The maximum absolute atomic E-state index is 11.4. The number of hydrogen-bond donors (Lipinski definition) is 1. The molecule has 0 bridgehead atoms. The molecule has 2 rings (SSSR count). The fourth-order valence-corrected chi connectivity index (χ4v) is 2.15. The van der Waals surface area contributed by atoms with Gasteiger partial charge in [0.05, 0.1) is 14.2 Å². The number of urea groups is 1. The maximum Gasteiger partial charge on any atom is 0.317 e. The van der Waals surface area contributed by atoms with Crippen LogP contribution in [-0.4, -0.2) is 45.3 Å². The molecule has 1 aromatic carbocycles. The predicted molar refractivity (Wildman–Crippen MR) is 68.3 cm³/mol. The zero-order valence-corrected chi connectivity index (χ0v) is 10.9. The standard InChI is InChI=1S/C13H18N2O3/c1-15-8-10(7-14-13(15)16)9-4-5-11(17-2)12(6-9)18-3/h4-6,10H,7-8H2,1-3H3,(H,14,16). The number of carbonyl (C=O) groups excluding carboxylic acids is 1. The van der Waals surface area contributed by atoms with E-state index in [4.69, 9.17) is 9.47 Å². The van der Waals surface area contributed by atoms with E-state index >= 15 is 0 Å². The summed E-state index contributed by atoms with van der Waals surface area (Å²) < 4.78 is 10.5. The van der Waals surface area contributed by atoms with E-state index in [0.717, 1.165) is 17.1 Å². The molecule has 0 spiro atoms. The van der Waals surface area contributed by atoms with Crippen molar-refractivity contribution in [3.05, 3.63) is 23.8 Å². The number of ether oxygens (including phenoxy) is 2. The average molecular weight is 250 g/mol. The maximum atomic E-state index is 11.4. The van der Waals surface area contributed by atoms with Gasteiger partial charge in [-0.1, -0.05) is 6.07 Å². The zero-order chi connectivity index (χ0) is 13.1. The monoisotopic (exact) mass is 250 g/mol. The van der Waals surface area contributed by atoms with Gasteiger partial charge < -0.3 is 19.7 Å². The molecule has 0 radical (unpaired) electrons. The van der Waals surface area contributed by atoms with Crippen LogP contribution in [0.15, 0.2) is 18.2 Å². The van der Waals surface area contributed by atoms with Gasteiger partial charge in [0.15, 0.2) is 11.5 Å². The summed E-state index contributed by atoms with van der Waals surface area (Å²) in [6.45, 7) is 1.36. The molecule has 1 heterocycles. The minimum absolute atomic E-state index is 0.0215. The fourth-order valence-electron chi connectivity index (χ4n) is 2.15. The minimum Gasteiger partial charge on any atom is -0.493 e. The van der Waals surface area contributed by atoms with Crippen molar-refractivity contribution in [3.63, 3.8) is 0 Å². The molecule has 1 unspecified atom stereocenters. The number of nitrogens with one attached hydrogen (secondary N) is 1. The van der Waals surface area contributed by atoms with Crippen molar-refractivity contribution in [1.82, 2.24) is 10.2 Å². The summed E-state index contributed by atoms with van der Waals surface area (Å²) in [7, 11) is 5.03. The number of carbonyl (C=O) groups is 1. The Hall–Kier alpha value is -1.91. The Bertz CT molecular complexity index is 448. The van der Waals surface area contributed by atoms with Gasteiger partial charge >= 0.3 is 6.03 Å². The Morgan fingerprint density at radius 3 is 2.61 bits per heavy atom. The highest BCUT2D eigenvalue weighted by Gasteiger charge is 2.24.